The Balaban J connectivity index is 2.72. The summed E-state index contributed by atoms with van der Waals surface area (Å²) in [5.74, 6) is -3.03. The predicted octanol–water partition coefficient (Wildman–Crippen LogP) is 3.48. The van der Waals surface area contributed by atoms with Crippen molar-refractivity contribution >= 4 is 5.78 Å². The maximum Gasteiger partial charge on any atom is 0.258 e. The molecule has 0 fully saturated rings. The van der Waals surface area contributed by atoms with Gasteiger partial charge in [-0.25, -0.2) is 8.78 Å². The van der Waals surface area contributed by atoms with Crippen molar-refractivity contribution in [3.8, 4) is 5.75 Å². The molecule has 4 heteroatoms. The van der Waals surface area contributed by atoms with E-state index >= 15 is 0 Å². The molecule has 0 amide bonds. The van der Waals surface area contributed by atoms with E-state index in [4.69, 9.17) is 4.74 Å². The topological polar surface area (TPSA) is 26.3 Å². The lowest BCUT2D eigenvalue weighted by molar-refractivity contribution is 0.000369. The number of halogens is 2. The van der Waals surface area contributed by atoms with Gasteiger partial charge in [0.15, 0.2) is 5.78 Å². The van der Waals surface area contributed by atoms with Crippen LogP contribution in [0.2, 0.25) is 0 Å². The van der Waals surface area contributed by atoms with Crippen LogP contribution in [0.4, 0.5) is 8.78 Å². The first-order valence-electron chi connectivity index (χ1n) is 5.14. The molecule has 0 aliphatic rings. The second-order valence-electron chi connectivity index (χ2n) is 3.68. The van der Waals surface area contributed by atoms with E-state index in [9.17, 15) is 13.6 Å². The van der Waals surface area contributed by atoms with Gasteiger partial charge in [-0.1, -0.05) is 6.08 Å². The number of hydrogen-bond acceptors (Lipinski definition) is 2. The second-order valence-corrected chi connectivity index (χ2v) is 3.68. The normalized spacial score (nSPS) is 11.0. The third-order valence-electron chi connectivity index (χ3n) is 2.27. The number of benzene rings is 1. The summed E-state index contributed by atoms with van der Waals surface area (Å²) in [6, 6.07) is 6.09. The lowest BCUT2D eigenvalue weighted by atomic mass is 10.0. The Labute approximate surface area is 98.9 Å². The molecule has 1 aromatic rings. The Hall–Kier alpha value is -1.71. The monoisotopic (exact) mass is 240 g/mol. The molecule has 17 heavy (non-hydrogen) atoms. The minimum absolute atomic E-state index is 0.259. The summed E-state index contributed by atoms with van der Waals surface area (Å²) in [5.41, 5.74) is 0.259. The maximum atomic E-state index is 13.2. The zero-order valence-corrected chi connectivity index (χ0v) is 9.58. The van der Waals surface area contributed by atoms with Gasteiger partial charge < -0.3 is 4.74 Å². The first-order valence-corrected chi connectivity index (χ1v) is 5.14. The molecule has 0 N–H and O–H groups in total. The number of Topliss-reactive ketones (excluding diaryl/α,β-unsaturated/α-hetero) is 1. The Morgan fingerprint density at radius 2 is 2.00 bits per heavy atom. The van der Waals surface area contributed by atoms with Gasteiger partial charge in [0, 0.05) is 12.0 Å². The molecule has 2 nitrogen and oxygen atoms in total. The highest BCUT2D eigenvalue weighted by Crippen LogP contribution is 2.25. The highest BCUT2D eigenvalue weighted by Gasteiger charge is 2.30. The van der Waals surface area contributed by atoms with Crippen molar-refractivity contribution in [1.82, 2.24) is 0 Å². The van der Waals surface area contributed by atoms with Crippen LogP contribution in [0.15, 0.2) is 36.9 Å². The van der Waals surface area contributed by atoms with E-state index in [1.54, 1.807) is 12.1 Å². The maximum absolute atomic E-state index is 13.2. The average molecular weight is 240 g/mol. The SMILES string of the molecule is C=CCC(F)(F)CC(=O)c1ccc(OC)cc1. The fourth-order valence-electron chi connectivity index (χ4n) is 1.40. The van der Waals surface area contributed by atoms with Gasteiger partial charge in [0.1, 0.15) is 5.75 Å². The summed E-state index contributed by atoms with van der Waals surface area (Å²) < 4.78 is 31.3. The summed E-state index contributed by atoms with van der Waals surface area (Å²) in [6.45, 7) is 3.24. The van der Waals surface area contributed by atoms with Crippen molar-refractivity contribution in [3.63, 3.8) is 0 Å². The van der Waals surface area contributed by atoms with Crippen molar-refractivity contribution in [2.75, 3.05) is 7.11 Å². The van der Waals surface area contributed by atoms with Crippen LogP contribution >= 0.6 is 0 Å². The third-order valence-corrected chi connectivity index (χ3v) is 2.27. The van der Waals surface area contributed by atoms with Crippen molar-refractivity contribution in [1.29, 1.82) is 0 Å². The number of methoxy groups -OCH3 is 1. The lowest BCUT2D eigenvalue weighted by Crippen LogP contribution is -2.20. The van der Waals surface area contributed by atoms with Gasteiger partial charge in [-0.05, 0) is 24.3 Å². The quantitative estimate of drug-likeness (QED) is 0.562. The molecule has 92 valence electrons. The Morgan fingerprint density at radius 1 is 1.41 bits per heavy atom. The smallest absolute Gasteiger partial charge is 0.258 e. The molecule has 1 rings (SSSR count). The molecular weight excluding hydrogens is 226 g/mol. The molecule has 0 saturated heterocycles. The summed E-state index contributed by atoms with van der Waals surface area (Å²) >= 11 is 0. The van der Waals surface area contributed by atoms with E-state index in [0.29, 0.717) is 5.75 Å². The van der Waals surface area contributed by atoms with E-state index in [1.165, 1.54) is 19.2 Å². The second kappa shape index (κ2) is 5.57. The number of carbonyl (C=O) groups is 1. The lowest BCUT2D eigenvalue weighted by Gasteiger charge is -2.13. The largest absolute Gasteiger partial charge is 0.497 e. The van der Waals surface area contributed by atoms with Gasteiger partial charge in [0.05, 0.1) is 13.5 Å². The molecule has 0 heterocycles. The number of carbonyl (C=O) groups excluding carboxylic acids is 1. The van der Waals surface area contributed by atoms with E-state index in [1.807, 2.05) is 0 Å². The highest BCUT2D eigenvalue weighted by atomic mass is 19.3. The minimum atomic E-state index is -3.03. The number of ketones is 1. The molecule has 0 bridgehead atoms. The zero-order chi connectivity index (χ0) is 12.9. The van der Waals surface area contributed by atoms with Crippen LogP contribution in [-0.2, 0) is 0 Å². The molecule has 0 radical (unpaired) electrons. The summed E-state index contributed by atoms with van der Waals surface area (Å²) in [7, 11) is 1.50. The molecule has 0 aliphatic heterocycles. The zero-order valence-electron chi connectivity index (χ0n) is 9.58. The summed E-state index contributed by atoms with van der Waals surface area (Å²) in [4.78, 5) is 11.6. The van der Waals surface area contributed by atoms with Gasteiger partial charge in [-0.2, -0.15) is 0 Å². The fraction of sp³-hybridized carbons (Fsp3) is 0.308. The number of ether oxygens (including phenoxy) is 1. The van der Waals surface area contributed by atoms with Gasteiger partial charge in [0.2, 0.25) is 0 Å². The van der Waals surface area contributed by atoms with E-state index in [2.05, 4.69) is 6.58 Å². The van der Waals surface area contributed by atoms with E-state index in [0.717, 1.165) is 6.08 Å². The van der Waals surface area contributed by atoms with Gasteiger partial charge in [-0.3, -0.25) is 4.79 Å². The molecule has 0 aliphatic carbocycles. The van der Waals surface area contributed by atoms with Crippen LogP contribution in [-0.4, -0.2) is 18.8 Å². The van der Waals surface area contributed by atoms with Crippen LogP contribution in [0.5, 0.6) is 5.75 Å². The molecule has 1 aromatic carbocycles. The molecular formula is C13H14F2O2. The first-order chi connectivity index (χ1) is 7.98. The predicted molar refractivity (Wildman–Crippen MR) is 61.7 cm³/mol. The van der Waals surface area contributed by atoms with Crippen molar-refractivity contribution < 1.29 is 18.3 Å². The van der Waals surface area contributed by atoms with Crippen molar-refractivity contribution in [2.45, 2.75) is 18.8 Å². The Morgan fingerprint density at radius 3 is 2.47 bits per heavy atom. The molecule has 0 saturated carbocycles. The first kappa shape index (κ1) is 13.4. The number of alkyl halides is 2. The van der Waals surface area contributed by atoms with Crippen LogP contribution in [0.25, 0.3) is 0 Å². The van der Waals surface area contributed by atoms with Crippen LogP contribution in [0.3, 0.4) is 0 Å². The average Bonchev–Trinajstić information content (AvgIpc) is 2.28. The van der Waals surface area contributed by atoms with Gasteiger partial charge in [0.25, 0.3) is 5.92 Å². The fourth-order valence-corrected chi connectivity index (χ4v) is 1.40. The number of hydrogen-bond donors (Lipinski definition) is 0. The summed E-state index contributed by atoms with van der Waals surface area (Å²) in [5, 5.41) is 0. The number of rotatable bonds is 6. The third kappa shape index (κ3) is 3.98. The standard InChI is InChI=1S/C13H14F2O2/c1-3-8-13(14,15)9-12(16)10-4-6-11(17-2)7-5-10/h3-7H,1,8-9H2,2H3. The van der Waals surface area contributed by atoms with Crippen molar-refractivity contribution in [2.24, 2.45) is 0 Å². The Bertz CT molecular complexity index is 396. The molecule has 0 unspecified atom stereocenters. The Kier molecular flexibility index (Phi) is 4.37. The number of allylic oxidation sites excluding steroid dienone is 1. The molecule has 0 aromatic heterocycles. The van der Waals surface area contributed by atoms with Crippen LogP contribution < -0.4 is 4.74 Å². The van der Waals surface area contributed by atoms with E-state index in [-0.39, 0.29) is 5.56 Å². The van der Waals surface area contributed by atoms with Crippen LogP contribution in [0.1, 0.15) is 23.2 Å². The minimum Gasteiger partial charge on any atom is -0.497 e. The van der Waals surface area contributed by atoms with Gasteiger partial charge in [-0.15, -0.1) is 6.58 Å². The molecule has 0 spiro atoms. The molecule has 0 atom stereocenters. The van der Waals surface area contributed by atoms with Gasteiger partial charge >= 0.3 is 0 Å². The summed E-state index contributed by atoms with van der Waals surface area (Å²) in [6.07, 6.45) is -0.179. The van der Waals surface area contributed by atoms with E-state index < -0.39 is 24.5 Å². The van der Waals surface area contributed by atoms with Crippen LogP contribution in [0, 0.1) is 0 Å². The highest BCUT2D eigenvalue weighted by molar-refractivity contribution is 5.96. The van der Waals surface area contributed by atoms with Crippen molar-refractivity contribution in [3.05, 3.63) is 42.5 Å².